The van der Waals surface area contributed by atoms with Gasteiger partial charge in [0.15, 0.2) is 11.7 Å². The lowest BCUT2D eigenvalue weighted by Crippen LogP contribution is -2.33. The number of hydrogen-bond acceptors (Lipinski definition) is 5. The summed E-state index contributed by atoms with van der Waals surface area (Å²) in [6.45, 7) is 0. The molecule has 0 radical (unpaired) electrons. The predicted octanol–water partition coefficient (Wildman–Crippen LogP) is 1.09. The van der Waals surface area contributed by atoms with Crippen LogP contribution in [0.25, 0.3) is 0 Å². The molecule has 0 bridgehead atoms. The van der Waals surface area contributed by atoms with Gasteiger partial charge in [0, 0.05) is 5.38 Å². The van der Waals surface area contributed by atoms with Gasteiger partial charge < -0.3 is 10.4 Å². The molecule has 0 saturated heterocycles. The lowest BCUT2D eigenvalue weighted by Gasteiger charge is -2.13. The van der Waals surface area contributed by atoms with Gasteiger partial charge >= 0.3 is 5.97 Å². The molecule has 0 saturated carbocycles. The summed E-state index contributed by atoms with van der Waals surface area (Å²) in [5, 5.41) is 16.6. The first-order chi connectivity index (χ1) is 8.68. The Morgan fingerprint density at radius 1 is 1.28 bits per heavy atom. The summed E-state index contributed by atoms with van der Waals surface area (Å²) in [6, 6.07) is 7.37. The molecule has 0 aliphatic heterocycles. The fourth-order valence-corrected chi connectivity index (χ4v) is 1.84. The zero-order valence-electron chi connectivity index (χ0n) is 9.11. The number of aliphatic carboxylic acids is 1. The second-order valence-electron chi connectivity index (χ2n) is 3.45. The molecule has 0 aliphatic carbocycles. The van der Waals surface area contributed by atoms with Crippen molar-refractivity contribution in [3.8, 4) is 0 Å². The number of carbonyl (C=O) groups is 2. The van der Waals surface area contributed by atoms with Gasteiger partial charge in [-0.1, -0.05) is 34.8 Å². The molecule has 1 unspecified atom stereocenters. The number of benzene rings is 1. The number of rotatable bonds is 4. The van der Waals surface area contributed by atoms with Gasteiger partial charge in [-0.2, -0.15) is 0 Å². The van der Waals surface area contributed by atoms with Crippen LogP contribution in [0.1, 0.15) is 22.1 Å². The Labute approximate surface area is 106 Å². The zero-order valence-corrected chi connectivity index (χ0v) is 9.92. The lowest BCUT2D eigenvalue weighted by atomic mass is 10.1. The van der Waals surface area contributed by atoms with Crippen LogP contribution in [0.5, 0.6) is 0 Å². The molecular formula is C11H9N3O3S. The molecule has 2 rings (SSSR count). The maximum atomic E-state index is 11.7. The number of carbonyl (C=O) groups excluding carboxylic acids is 1. The summed E-state index contributed by atoms with van der Waals surface area (Å²) in [5.74, 6) is -1.68. The topological polar surface area (TPSA) is 92.2 Å². The molecule has 7 heteroatoms. The molecule has 1 aromatic heterocycles. The Hall–Kier alpha value is -2.28. The van der Waals surface area contributed by atoms with Crippen LogP contribution in [0.3, 0.4) is 0 Å². The molecule has 0 spiro atoms. The molecule has 1 amide bonds. The quantitative estimate of drug-likeness (QED) is 0.861. The standard InChI is InChI=1S/C11H9N3O3S/c15-10(8-6-18-14-13-8)12-9(11(16)17)7-4-2-1-3-5-7/h1-6,9H,(H,12,15)(H,16,17). The van der Waals surface area contributed by atoms with Crippen LogP contribution in [0.4, 0.5) is 0 Å². The van der Waals surface area contributed by atoms with Crippen molar-refractivity contribution in [2.75, 3.05) is 0 Å². The minimum absolute atomic E-state index is 0.113. The Kier molecular flexibility index (Phi) is 3.63. The first-order valence-electron chi connectivity index (χ1n) is 5.04. The molecule has 2 N–H and O–H groups in total. The summed E-state index contributed by atoms with van der Waals surface area (Å²) >= 11 is 1.03. The van der Waals surface area contributed by atoms with Crippen LogP contribution in [0.15, 0.2) is 35.7 Å². The molecule has 6 nitrogen and oxygen atoms in total. The van der Waals surface area contributed by atoms with Gasteiger partial charge in [-0.15, -0.1) is 5.10 Å². The van der Waals surface area contributed by atoms with Crippen LogP contribution in [-0.4, -0.2) is 26.6 Å². The molecule has 2 aromatic rings. The predicted molar refractivity (Wildman–Crippen MR) is 64.2 cm³/mol. The number of aromatic nitrogens is 2. The van der Waals surface area contributed by atoms with E-state index >= 15 is 0 Å². The average molecular weight is 263 g/mol. The van der Waals surface area contributed by atoms with E-state index in [0.717, 1.165) is 11.5 Å². The normalized spacial score (nSPS) is 11.8. The van der Waals surface area contributed by atoms with Crippen LogP contribution in [0.2, 0.25) is 0 Å². The Bertz CT molecular complexity index is 542. The summed E-state index contributed by atoms with van der Waals surface area (Å²) in [7, 11) is 0. The van der Waals surface area contributed by atoms with Gasteiger partial charge in [-0.3, -0.25) is 4.79 Å². The highest BCUT2D eigenvalue weighted by Crippen LogP contribution is 2.13. The van der Waals surface area contributed by atoms with Crippen molar-refractivity contribution in [2.45, 2.75) is 6.04 Å². The second-order valence-corrected chi connectivity index (χ2v) is 4.06. The Morgan fingerprint density at radius 2 is 2.00 bits per heavy atom. The number of nitrogens with one attached hydrogen (secondary N) is 1. The fourth-order valence-electron chi connectivity index (χ4n) is 1.40. The van der Waals surface area contributed by atoms with Crippen molar-refractivity contribution in [1.82, 2.24) is 14.9 Å². The van der Waals surface area contributed by atoms with E-state index in [0.29, 0.717) is 5.56 Å². The highest BCUT2D eigenvalue weighted by Gasteiger charge is 2.23. The van der Waals surface area contributed by atoms with Crippen molar-refractivity contribution < 1.29 is 14.7 Å². The smallest absolute Gasteiger partial charge is 0.330 e. The number of amides is 1. The minimum Gasteiger partial charge on any atom is -0.479 e. The second kappa shape index (κ2) is 5.37. The maximum Gasteiger partial charge on any atom is 0.330 e. The molecule has 18 heavy (non-hydrogen) atoms. The van der Waals surface area contributed by atoms with Crippen LogP contribution >= 0.6 is 11.5 Å². The number of carboxylic acids is 1. The number of nitrogens with zero attached hydrogens (tertiary/aromatic N) is 2. The van der Waals surface area contributed by atoms with Gasteiger partial charge in [-0.25, -0.2) is 4.79 Å². The van der Waals surface area contributed by atoms with E-state index in [9.17, 15) is 9.59 Å². The molecule has 0 fully saturated rings. The van der Waals surface area contributed by atoms with Gasteiger partial charge in [0.2, 0.25) is 0 Å². The SMILES string of the molecule is O=C(NC(C(=O)O)c1ccccc1)c1csnn1. The van der Waals surface area contributed by atoms with Gasteiger partial charge in [0.05, 0.1) is 0 Å². The highest BCUT2D eigenvalue weighted by atomic mass is 32.1. The van der Waals surface area contributed by atoms with Crippen molar-refractivity contribution in [3.63, 3.8) is 0 Å². The number of hydrogen-bond donors (Lipinski definition) is 2. The molecule has 1 heterocycles. The molecule has 1 aromatic carbocycles. The molecule has 0 aliphatic rings. The van der Waals surface area contributed by atoms with E-state index in [1.165, 1.54) is 5.38 Å². The van der Waals surface area contributed by atoms with E-state index in [1.807, 2.05) is 0 Å². The minimum atomic E-state index is -1.13. The van der Waals surface area contributed by atoms with E-state index in [1.54, 1.807) is 30.3 Å². The summed E-state index contributed by atoms with van der Waals surface area (Å²) in [5.41, 5.74) is 0.615. The highest BCUT2D eigenvalue weighted by molar-refractivity contribution is 7.03. The first kappa shape index (κ1) is 12.2. The maximum absolute atomic E-state index is 11.7. The molecular weight excluding hydrogens is 254 g/mol. The monoisotopic (exact) mass is 263 g/mol. The summed E-state index contributed by atoms with van der Waals surface area (Å²) in [6.07, 6.45) is 0. The van der Waals surface area contributed by atoms with Crippen molar-refractivity contribution in [2.24, 2.45) is 0 Å². The third-order valence-electron chi connectivity index (χ3n) is 2.25. The van der Waals surface area contributed by atoms with Gasteiger partial charge in [0.25, 0.3) is 5.91 Å². The number of carboxylic acid groups (broad SMARTS) is 1. The third-order valence-corrected chi connectivity index (χ3v) is 2.75. The summed E-state index contributed by atoms with van der Waals surface area (Å²) in [4.78, 5) is 22.9. The van der Waals surface area contributed by atoms with E-state index in [2.05, 4.69) is 14.9 Å². The van der Waals surface area contributed by atoms with Gasteiger partial charge in [0.1, 0.15) is 0 Å². The molecule has 1 atom stereocenters. The van der Waals surface area contributed by atoms with Crippen LogP contribution in [-0.2, 0) is 4.79 Å². The Balaban J connectivity index is 2.18. The largest absolute Gasteiger partial charge is 0.479 e. The molecule has 92 valence electrons. The first-order valence-corrected chi connectivity index (χ1v) is 5.88. The van der Waals surface area contributed by atoms with Crippen LogP contribution in [0, 0.1) is 0 Å². The lowest BCUT2D eigenvalue weighted by molar-refractivity contribution is -0.139. The van der Waals surface area contributed by atoms with Crippen molar-refractivity contribution in [1.29, 1.82) is 0 Å². The van der Waals surface area contributed by atoms with Crippen molar-refractivity contribution in [3.05, 3.63) is 47.0 Å². The van der Waals surface area contributed by atoms with E-state index < -0.39 is 17.9 Å². The zero-order chi connectivity index (χ0) is 13.0. The average Bonchev–Trinajstić information content (AvgIpc) is 2.90. The van der Waals surface area contributed by atoms with Gasteiger partial charge in [-0.05, 0) is 17.1 Å². The summed E-state index contributed by atoms with van der Waals surface area (Å²) < 4.78 is 3.55. The fraction of sp³-hybridized carbons (Fsp3) is 0.0909. The third kappa shape index (κ3) is 2.69. The Morgan fingerprint density at radius 3 is 2.56 bits per heavy atom. The van der Waals surface area contributed by atoms with E-state index in [-0.39, 0.29) is 5.69 Å². The van der Waals surface area contributed by atoms with Crippen LogP contribution < -0.4 is 5.32 Å². The van der Waals surface area contributed by atoms with Crippen molar-refractivity contribution >= 4 is 23.4 Å². The van der Waals surface area contributed by atoms with E-state index in [4.69, 9.17) is 5.11 Å².